The number of unbranched alkanes of at least 4 members (excludes halogenated alkanes) is 1. The second-order valence-corrected chi connectivity index (χ2v) is 7.53. The zero-order chi connectivity index (χ0) is 16.5. The lowest BCUT2D eigenvalue weighted by molar-refractivity contribution is 0.179. The van der Waals surface area contributed by atoms with Crippen LogP contribution in [0.25, 0.3) is 0 Å². The summed E-state index contributed by atoms with van der Waals surface area (Å²) < 4.78 is 0. The van der Waals surface area contributed by atoms with Crippen molar-refractivity contribution >= 4 is 41.3 Å². The first-order chi connectivity index (χ1) is 11.2. The van der Waals surface area contributed by atoms with E-state index in [4.69, 9.17) is 0 Å². The third-order valence-electron chi connectivity index (χ3n) is 4.64. The minimum atomic E-state index is 0. The van der Waals surface area contributed by atoms with Gasteiger partial charge in [-0.3, -0.25) is 9.89 Å². The summed E-state index contributed by atoms with van der Waals surface area (Å²) in [6, 6.07) is 4.39. The van der Waals surface area contributed by atoms with E-state index in [0.717, 1.165) is 31.5 Å². The molecule has 0 atom stereocenters. The van der Waals surface area contributed by atoms with Gasteiger partial charge in [0.25, 0.3) is 0 Å². The number of nitrogens with one attached hydrogen (secondary N) is 1. The number of rotatable bonds is 7. The number of likely N-dealkylation sites (tertiary alicyclic amines) is 1. The van der Waals surface area contributed by atoms with Gasteiger partial charge in [-0.2, -0.15) is 0 Å². The quantitative estimate of drug-likeness (QED) is 0.378. The van der Waals surface area contributed by atoms with Gasteiger partial charge < -0.3 is 10.2 Å². The van der Waals surface area contributed by atoms with Crippen LogP contribution >= 0.6 is 35.3 Å². The number of hydrogen-bond acceptors (Lipinski definition) is 3. The lowest BCUT2D eigenvalue weighted by Gasteiger charge is -2.32. The average molecular weight is 464 g/mol. The molecule has 24 heavy (non-hydrogen) atoms. The molecule has 0 amide bonds. The monoisotopic (exact) mass is 464 g/mol. The van der Waals surface area contributed by atoms with Crippen LogP contribution in [0, 0.1) is 5.92 Å². The molecule has 1 aliphatic heterocycles. The molecule has 2 rings (SSSR count). The number of hydrogen-bond donors (Lipinski definition) is 1. The summed E-state index contributed by atoms with van der Waals surface area (Å²) in [6.07, 6.45) is 5.02. The summed E-state index contributed by atoms with van der Waals surface area (Å²) in [5.74, 6) is 1.81. The topological polar surface area (TPSA) is 30.9 Å². The summed E-state index contributed by atoms with van der Waals surface area (Å²) in [6.45, 7) is 7.92. The van der Waals surface area contributed by atoms with Crippen molar-refractivity contribution in [3.8, 4) is 0 Å². The molecule has 0 saturated carbocycles. The zero-order valence-electron chi connectivity index (χ0n) is 15.3. The van der Waals surface area contributed by atoms with Crippen LogP contribution in [0.4, 0.5) is 0 Å². The van der Waals surface area contributed by atoms with Gasteiger partial charge in [0.05, 0.1) is 0 Å². The molecular formula is C18H33IN4S. The largest absolute Gasteiger partial charge is 0.356 e. The molecule has 2 heterocycles. The Bertz CT molecular complexity index is 456. The maximum Gasteiger partial charge on any atom is 0.193 e. The van der Waals surface area contributed by atoms with Crippen LogP contribution in [-0.2, 0) is 6.54 Å². The van der Waals surface area contributed by atoms with Crippen molar-refractivity contribution < 1.29 is 0 Å². The Morgan fingerprint density at radius 1 is 1.42 bits per heavy atom. The van der Waals surface area contributed by atoms with Crippen molar-refractivity contribution in [1.29, 1.82) is 0 Å². The van der Waals surface area contributed by atoms with Crippen LogP contribution in [0.1, 0.15) is 37.5 Å². The van der Waals surface area contributed by atoms with E-state index >= 15 is 0 Å². The van der Waals surface area contributed by atoms with Crippen molar-refractivity contribution in [3.05, 3.63) is 22.4 Å². The fourth-order valence-corrected chi connectivity index (χ4v) is 3.84. The maximum atomic E-state index is 4.41. The molecule has 0 aromatic carbocycles. The molecule has 0 unspecified atom stereocenters. The van der Waals surface area contributed by atoms with E-state index in [9.17, 15) is 0 Å². The average Bonchev–Trinajstić information content (AvgIpc) is 3.08. The predicted octanol–water partition coefficient (Wildman–Crippen LogP) is 3.89. The van der Waals surface area contributed by atoms with Crippen LogP contribution in [0.2, 0.25) is 0 Å². The van der Waals surface area contributed by atoms with Crippen molar-refractivity contribution in [2.75, 3.05) is 40.3 Å². The van der Waals surface area contributed by atoms with Gasteiger partial charge >= 0.3 is 0 Å². The lowest BCUT2D eigenvalue weighted by atomic mass is 9.97. The van der Waals surface area contributed by atoms with Gasteiger partial charge in [-0.15, -0.1) is 35.3 Å². The van der Waals surface area contributed by atoms with Crippen LogP contribution in [-0.4, -0.2) is 56.0 Å². The molecule has 1 aliphatic rings. The third-order valence-corrected chi connectivity index (χ3v) is 5.50. The molecule has 138 valence electrons. The molecule has 1 fully saturated rings. The molecule has 1 saturated heterocycles. The number of guanidine groups is 1. The number of halogens is 1. The molecule has 1 aromatic rings. The summed E-state index contributed by atoms with van der Waals surface area (Å²) in [7, 11) is 4.02. The fraction of sp³-hybridized carbons (Fsp3) is 0.722. The number of aliphatic imine (C=N–C) groups is 1. The van der Waals surface area contributed by atoms with Gasteiger partial charge in [0.15, 0.2) is 5.96 Å². The maximum absolute atomic E-state index is 4.41. The first kappa shape index (κ1) is 21.7. The number of piperidine rings is 1. The minimum Gasteiger partial charge on any atom is -0.356 e. The Labute approximate surface area is 168 Å². The van der Waals surface area contributed by atoms with E-state index in [0.29, 0.717) is 0 Å². The molecular weight excluding hydrogens is 431 g/mol. The molecule has 1 N–H and O–H groups in total. The first-order valence-electron chi connectivity index (χ1n) is 8.89. The van der Waals surface area contributed by atoms with E-state index in [1.165, 1.54) is 43.6 Å². The van der Waals surface area contributed by atoms with Gasteiger partial charge in [-0.05, 0) is 49.7 Å². The second-order valence-electron chi connectivity index (χ2n) is 6.50. The molecule has 0 aliphatic carbocycles. The van der Waals surface area contributed by atoms with E-state index in [1.807, 2.05) is 18.4 Å². The molecule has 0 radical (unpaired) electrons. The van der Waals surface area contributed by atoms with Gasteiger partial charge in [0.2, 0.25) is 0 Å². The summed E-state index contributed by atoms with van der Waals surface area (Å²) >= 11 is 1.87. The van der Waals surface area contributed by atoms with Gasteiger partial charge in [-0.25, -0.2) is 0 Å². The van der Waals surface area contributed by atoms with Gasteiger partial charge in [0.1, 0.15) is 0 Å². The SMILES string of the molecule is CCCCN(C)C(=NC)NCC1CCN(Cc2cccs2)CC1.I. The molecule has 1 aromatic heterocycles. The minimum absolute atomic E-state index is 0. The Hall–Kier alpha value is -0.340. The van der Waals surface area contributed by atoms with Crippen molar-refractivity contribution in [2.24, 2.45) is 10.9 Å². The van der Waals surface area contributed by atoms with E-state index in [-0.39, 0.29) is 24.0 Å². The lowest BCUT2D eigenvalue weighted by Crippen LogP contribution is -2.43. The summed E-state index contributed by atoms with van der Waals surface area (Å²) in [4.78, 5) is 10.7. The Morgan fingerprint density at radius 2 is 2.17 bits per heavy atom. The summed E-state index contributed by atoms with van der Waals surface area (Å²) in [5, 5.41) is 5.74. The highest BCUT2D eigenvalue weighted by Crippen LogP contribution is 2.20. The summed E-state index contributed by atoms with van der Waals surface area (Å²) in [5.41, 5.74) is 0. The van der Waals surface area contributed by atoms with Crippen LogP contribution in [0.15, 0.2) is 22.5 Å². The molecule has 0 bridgehead atoms. The van der Waals surface area contributed by atoms with E-state index in [1.54, 1.807) is 0 Å². The normalized spacial score (nSPS) is 16.7. The van der Waals surface area contributed by atoms with Crippen LogP contribution < -0.4 is 5.32 Å². The van der Waals surface area contributed by atoms with E-state index < -0.39 is 0 Å². The Balaban J connectivity index is 0.00000288. The number of thiophene rings is 1. The first-order valence-corrected chi connectivity index (χ1v) is 9.77. The second kappa shape index (κ2) is 12.1. The fourth-order valence-electron chi connectivity index (χ4n) is 3.09. The highest BCUT2D eigenvalue weighted by Gasteiger charge is 2.20. The Morgan fingerprint density at radius 3 is 2.75 bits per heavy atom. The van der Waals surface area contributed by atoms with Crippen molar-refractivity contribution in [1.82, 2.24) is 15.1 Å². The highest BCUT2D eigenvalue weighted by atomic mass is 127. The van der Waals surface area contributed by atoms with Crippen molar-refractivity contribution in [3.63, 3.8) is 0 Å². The molecule has 4 nitrogen and oxygen atoms in total. The van der Waals surface area contributed by atoms with Crippen LogP contribution in [0.5, 0.6) is 0 Å². The van der Waals surface area contributed by atoms with E-state index in [2.05, 4.69) is 51.6 Å². The molecule has 0 spiro atoms. The standard InChI is InChI=1S/C18H32N4S.HI/c1-4-5-10-21(3)18(19-2)20-14-16-8-11-22(12-9-16)15-17-7-6-13-23-17;/h6-7,13,16H,4-5,8-12,14-15H2,1-3H3,(H,19,20);1H. The highest BCUT2D eigenvalue weighted by molar-refractivity contribution is 14.0. The smallest absolute Gasteiger partial charge is 0.193 e. The van der Waals surface area contributed by atoms with Gasteiger partial charge in [0, 0.05) is 38.6 Å². The van der Waals surface area contributed by atoms with Gasteiger partial charge in [-0.1, -0.05) is 19.4 Å². The Kier molecular flexibility index (Phi) is 10.9. The predicted molar refractivity (Wildman–Crippen MR) is 117 cm³/mol. The third kappa shape index (κ3) is 7.27. The van der Waals surface area contributed by atoms with Crippen molar-refractivity contribution in [2.45, 2.75) is 39.2 Å². The number of nitrogens with zero attached hydrogens (tertiary/aromatic N) is 3. The van der Waals surface area contributed by atoms with Crippen LogP contribution in [0.3, 0.4) is 0 Å². The zero-order valence-corrected chi connectivity index (χ0v) is 18.5. The molecule has 6 heteroatoms.